The van der Waals surface area contributed by atoms with Crippen LogP contribution < -0.4 is 10.1 Å². The summed E-state index contributed by atoms with van der Waals surface area (Å²) in [5, 5.41) is 3.34. The Hall–Kier alpha value is -1.32. The van der Waals surface area contributed by atoms with Crippen LogP contribution in [0.3, 0.4) is 0 Å². The number of aromatic nitrogens is 2. The number of nitrogens with zero attached hydrogens (tertiary/aromatic N) is 2. The second-order valence-corrected chi connectivity index (χ2v) is 5.59. The molecule has 120 valence electrons. The fraction of sp³-hybridized carbons (Fsp3) is 0.765. The van der Waals surface area contributed by atoms with Crippen LogP contribution in [0.15, 0.2) is 0 Å². The normalized spacial score (nSPS) is 10.7. The van der Waals surface area contributed by atoms with Crippen LogP contribution in [0.5, 0.6) is 5.88 Å². The van der Waals surface area contributed by atoms with Gasteiger partial charge in [0.25, 0.3) is 0 Å². The third-order valence-electron chi connectivity index (χ3n) is 3.49. The van der Waals surface area contributed by atoms with Gasteiger partial charge in [0.05, 0.1) is 12.2 Å². The minimum Gasteiger partial charge on any atom is -0.477 e. The summed E-state index contributed by atoms with van der Waals surface area (Å²) in [6, 6.07) is 0. The van der Waals surface area contributed by atoms with E-state index in [1.165, 1.54) is 32.1 Å². The Morgan fingerprint density at radius 1 is 0.905 bits per heavy atom. The Balaban J connectivity index is 2.41. The summed E-state index contributed by atoms with van der Waals surface area (Å²) in [5.74, 6) is 2.40. The van der Waals surface area contributed by atoms with E-state index in [1.54, 1.807) is 0 Å². The van der Waals surface area contributed by atoms with Gasteiger partial charge >= 0.3 is 0 Å². The molecule has 0 bridgehead atoms. The molecule has 0 aliphatic rings. The highest BCUT2D eigenvalue weighted by molar-refractivity contribution is 5.48. The van der Waals surface area contributed by atoms with Gasteiger partial charge in [-0.1, -0.05) is 46.0 Å². The van der Waals surface area contributed by atoms with Gasteiger partial charge in [0.2, 0.25) is 5.88 Å². The van der Waals surface area contributed by atoms with Crippen molar-refractivity contribution in [3.05, 3.63) is 11.4 Å². The Bertz CT molecular complexity index is 407. The van der Waals surface area contributed by atoms with Crippen LogP contribution in [0.1, 0.15) is 70.2 Å². The van der Waals surface area contributed by atoms with E-state index in [2.05, 4.69) is 29.1 Å². The van der Waals surface area contributed by atoms with Crippen molar-refractivity contribution in [1.82, 2.24) is 9.97 Å². The fourth-order valence-corrected chi connectivity index (χ4v) is 2.21. The molecule has 1 N–H and O–H groups in total. The van der Waals surface area contributed by atoms with Crippen molar-refractivity contribution in [2.45, 2.75) is 72.6 Å². The largest absolute Gasteiger partial charge is 0.477 e. The van der Waals surface area contributed by atoms with Crippen LogP contribution in [0.4, 0.5) is 5.82 Å². The minimum atomic E-state index is 0.731. The number of unbranched alkanes of at least 4 members (excludes halogenated alkanes) is 5. The number of hydrogen-bond donors (Lipinski definition) is 1. The van der Waals surface area contributed by atoms with Crippen molar-refractivity contribution in [1.29, 1.82) is 0 Å². The van der Waals surface area contributed by atoms with E-state index in [1.807, 2.05) is 13.8 Å². The third kappa shape index (κ3) is 6.78. The maximum absolute atomic E-state index is 5.85. The lowest BCUT2D eigenvalue weighted by atomic mass is 10.1. The number of nitrogens with one attached hydrogen (secondary N) is 1. The number of ether oxygens (including phenoxy) is 1. The van der Waals surface area contributed by atoms with E-state index < -0.39 is 0 Å². The molecule has 0 fully saturated rings. The minimum absolute atomic E-state index is 0.731. The number of hydrogen-bond acceptors (Lipinski definition) is 4. The second kappa shape index (κ2) is 10.4. The zero-order valence-corrected chi connectivity index (χ0v) is 14.2. The van der Waals surface area contributed by atoms with Crippen LogP contribution in [-0.2, 0) is 0 Å². The topological polar surface area (TPSA) is 47.0 Å². The molecule has 0 amide bonds. The Kier molecular flexibility index (Phi) is 8.79. The molecule has 0 saturated heterocycles. The van der Waals surface area contributed by atoms with Crippen molar-refractivity contribution < 1.29 is 4.74 Å². The molecule has 1 heterocycles. The molecule has 0 saturated carbocycles. The molecular formula is C17H31N3O. The quantitative estimate of drug-likeness (QED) is 0.603. The lowest BCUT2D eigenvalue weighted by Crippen LogP contribution is -2.09. The first-order valence-corrected chi connectivity index (χ1v) is 8.40. The van der Waals surface area contributed by atoms with Gasteiger partial charge < -0.3 is 10.1 Å². The molecule has 0 atom stereocenters. The summed E-state index contributed by atoms with van der Waals surface area (Å²) < 4.78 is 5.85. The molecule has 0 radical (unpaired) electrons. The van der Waals surface area contributed by atoms with Crippen LogP contribution in [0, 0.1) is 13.8 Å². The first kappa shape index (κ1) is 17.7. The van der Waals surface area contributed by atoms with E-state index in [0.717, 1.165) is 49.1 Å². The molecule has 0 aromatic carbocycles. The molecule has 1 aromatic heterocycles. The zero-order chi connectivity index (χ0) is 15.5. The zero-order valence-electron chi connectivity index (χ0n) is 14.2. The van der Waals surface area contributed by atoms with Crippen LogP contribution in [0.2, 0.25) is 0 Å². The standard InChI is InChI=1S/C17H31N3O/c1-5-7-8-9-10-11-13-21-17-14(3)16(18-12-6-2)19-15(4)20-17/h5-13H2,1-4H3,(H,18,19,20). The highest BCUT2D eigenvalue weighted by Crippen LogP contribution is 2.22. The predicted molar refractivity (Wildman–Crippen MR) is 89.2 cm³/mol. The Morgan fingerprint density at radius 3 is 2.33 bits per heavy atom. The average molecular weight is 293 g/mol. The molecule has 21 heavy (non-hydrogen) atoms. The molecule has 1 aromatic rings. The lowest BCUT2D eigenvalue weighted by molar-refractivity contribution is 0.290. The van der Waals surface area contributed by atoms with Crippen molar-refractivity contribution >= 4 is 5.82 Å². The maximum Gasteiger partial charge on any atom is 0.221 e. The molecule has 1 rings (SSSR count). The van der Waals surface area contributed by atoms with E-state index in [-0.39, 0.29) is 0 Å². The van der Waals surface area contributed by atoms with E-state index in [9.17, 15) is 0 Å². The third-order valence-corrected chi connectivity index (χ3v) is 3.49. The van der Waals surface area contributed by atoms with Gasteiger partial charge in [-0.05, 0) is 26.7 Å². The van der Waals surface area contributed by atoms with Crippen molar-refractivity contribution in [3.8, 4) is 5.88 Å². The molecule has 4 nitrogen and oxygen atoms in total. The monoisotopic (exact) mass is 293 g/mol. The highest BCUT2D eigenvalue weighted by Gasteiger charge is 2.09. The van der Waals surface area contributed by atoms with Crippen LogP contribution in [-0.4, -0.2) is 23.1 Å². The van der Waals surface area contributed by atoms with Crippen LogP contribution in [0.25, 0.3) is 0 Å². The Morgan fingerprint density at radius 2 is 1.62 bits per heavy atom. The number of anilines is 1. The molecule has 4 heteroatoms. The van der Waals surface area contributed by atoms with E-state index in [0.29, 0.717) is 0 Å². The predicted octanol–water partition coefficient (Wildman–Crippen LogP) is 4.65. The van der Waals surface area contributed by atoms with Crippen molar-refractivity contribution in [2.24, 2.45) is 0 Å². The average Bonchev–Trinajstić information content (AvgIpc) is 2.47. The van der Waals surface area contributed by atoms with Gasteiger partial charge in [-0.3, -0.25) is 0 Å². The van der Waals surface area contributed by atoms with Gasteiger partial charge in [-0.2, -0.15) is 4.98 Å². The fourth-order valence-electron chi connectivity index (χ4n) is 2.21. The van der Waals surface area contributed by atoms with Crippen molar-refractivity contribution in [2.75, 3.05) is 18.5 Å². The smallest absolute Gasteiger partial charge is 0.221 e. The van der Waals surface area contributed by atoms with Gasteiger partial charge in [-0.15, -0.1) is 0 Å². The summed E-state index contributed by atoms with van der Waals surface area (Å²) >= 11 is 0. The summed E-state index contributed by atoms with van der Waals surface area (Å²) in [7, 11) is 0. The molecule has 0 aliphatic carbocycles. The van der Waals surface area contributed by atoms with Gasteiger partial charge in [0, 0.05) is 6.54 Å². The summed E-state index contributed by atoms with van der Waals surface area (Å²) in [4.78, 5) is 8.86. The number of rotatable bonds is 11. The maximum atomic E-state index is 5.85. The lowest BCUT2D eigenvalue weighted by Gasteiger charge is -2.13. The molecular weight excluding hydrogens is 262 g/mol. The van der Waals surface area contributed by atoms with Crippen LogP contribution >= 0.6 is 0 Å². The van der Waals surface area contributed by atoms with E-state index in [4.69, 9.17) is 4.74 Å². The number of aryl methyl sites for hydroxylation is 1. The van der Waals surface area contributed by atoms with Gasteiger partial charge in [0.1, 0.15) is 11.6 Å². The second-order valence-electron chi connectivity index (χ2n) is 5.59. The molecule has 0 unspecified atom stereocenters. The van der Waals surface area contributed by atoms with Gasteiger partial charge in [-0.25, -0.2) is 4.98 Å². The summed E-state index contributed by atoms with van der Waals surface area (Å²) in [6.45, 7) is 9.99. The summed E-state index contributed by atoms with van der Waals surface area (Å²) in [5.41, 5.74) is 1.01. The molecule has 0 aliphatic heterocycles. The first-order valence-electron chi connectivity index (χ1n) is 8.40. The Labute approximate surface area is 129 Å². The SMILES string of the molecule is CCCCCCCCOc1nc(C)nc(NCCC)c1C. The first-order chi connectivity index (χ1) is 10.2. The van der Waals surface area contributed by atoms with E-state index >= 15 is 0 Å². The molecule has 0 spiro atoms. The van der Waals surface area contributed by atoms with Gasteiger partial charge in [0.15, 0.2) is 0 Å². The summed E-state index contributed by atoms with van der Waals surface area (Å²) in [6.07, 6.45) is 8.71. The van der Waals surface area contributed by atoms with Crippen molar-refractivity contribution in [3.63, 3.8) is 0 Å². The highest BCUT2D eigenvalue weighted by atomic mass is 16.5.